The Labute approximate surface area is 59.9 Å². The fourth-order valence-corrected chi connectivity index (χ4v) is 0.791. The van der Waals surface area contributed by atoms with Crippen LogP contribution in [0, 0.1) is 5.21 Å². The van der Waals surface area contributed by atoms with E-state index in [2.05, 4.69) is 15.5 Å². The number of hydroxylamine groups is 1. The molecule has 0 amide bonds. The minimum absolute atomic E-state index is 0.0333. The first-order valence-electron chi connectivity index (χ1n) is 3.32. The number of ether oxygens (including phenoxy) is 1. The summed E-state index contributed by atoms with van der Waals surface area (Å²) in [4.78, 5) is 0. The number of methoxy groups -OCH3 is 1. The molecule has 5 nitrogen and oxygen atoms in total. The highest BCUT2D eigenvalue weighted by Crippen LogP contribution is 1.85. The van der Waals surface area contributed by atoms with Gasteiger partial charge in [0.2, 0.25) is 0 Å². The van der Waals surface area contributed by atoms with E-state index in [4.69, 9.17) is 0 Å². The zero-order chi connectivity index (χ0) is 7.40. The van der Waals surface area contributed by atoms with E-state index in [1.807, 2.05) is 0 Å². The zero-order valence-corrected chi connectivity index (χ0v) is 6.02. The molecule has 0 saturated carbocycles. The van der Waals surface area contributed by atoms with Gasteiger partial charge in [0, 0.05) is 20.2 Å². The summed E-state index contributed by atoms with van der Waals surface area (Å²) in [6.07, 6.45) is 0. The Balaban J connectivity index is 1.99. The van der Waals surface area contributed by atoms with E-state index in [-0.39, 0.29) is 11.9 Å². The largest absolute Gasteiger partial charge is 0.611 e. The Hall–Kier alpha value is -0.200. The monoisotopic (exact) mass is 147 g/mol. The van der Waals surface area contributed by atoms with E-state index in [9.17, 15) is 5.21 Å². The average molecular weight is 147 g/mol. The predicted octanol–water partition coefficient (Wildman–Crippen LogP) is -2.55. The van der Waals surface area contributed by atoms with Crippen LogP contribution in [-0.2, 0) is 4.74 Å². The summed E-state index contributed by atoms with van der Waals surface area (Å²) in [7, 11) is 1.51. The molecule has 0 aromatic rings. The second-order valence-corrected chi connectivity index (χ2v) is 2.36. The van der Waals surface area contributed by atoms with Crippen LogP contribution in [0.2, 0.25) is 0 Å². The topological polar surface area (TPSA) is 60.8 Å². The van der Waals surface area contributed by atoms with Crippen molar-refractivity contribution in [2.45, 2.75) is 6.04 Å². The molecule has 3 N–H and O–H groups in total. The van der Waals surface area contributed by atoms with Crippen LogP contribution >= 0.6 is 0 Å². The summed E-state index contributed by atoms with van der Waals surface area (Å²) in [5.41, 5.74) is 2.79. The van der Waals surface area contributed by atoms with Gasteiger partial charge < -0.3 is 15.3 Å². The van der Waals surface area contributed by atoms with Gasteiger partial charge in [0.25, 0.3) is 0 Å². The fraction of sp³-hybridized carbons (Fsp3) is 1.00. The highest BCUT2D eigenvalue weighted by atomic mass is 16.6. The molecule has 0 aromatic carbocycles. The third kappa shape index (κ3) is 2.20. The summed E-state index contributed by atoms with van der Waals surface area (Å²) in [5, 5.41) is 13.8. The minimum Gasteiger partial charge on any atom is -0.611 e. The smallest absolute Gasteiger partial charge is 0.198 e. The lowest BCUT2D eigenvalue weighted by Crippen LogP contribution is -3.16. The van der Waals surface area contributed by atoms with Gasteiger partial charge in [-0.25, -0.2) is 0 Å². The Morgan fingerprint density at radius 2 is 2.50 bits per heavy atom. The highest BCUT2D eigenvalue weighted by Gasteiger charge is 2.18. The number of hydrogen-bond acceptors (Lipinski definition) is 4. The lowest BCUT2D eigenvalue weighted by molar-refractivity contribution is -0.918. The molecule has 0 aliphatic carbocycles. The Morgan fingerprint density at radius 1 is 1.80 bits per heavy atom. The molecule has 1 unspecified atom stereocenters. The van der Waals surface area contributed by atoms with E-state index in [1.54, 1.807) is 0 Å². The van der Waals surface area contributed by atoms with Crippen LogP contribution in [0.25, 0.3) is 0 Å². The van der Waals surface area contributed by atoms with Crippen LogP contribution in [0.5, 0.6) is 0 Å². The van der Waals surface area contributed by atoms with Crippen LogP contribution in [0.1, 0.15) is 0 Å². The minimum atomic E-state index is -0.0333. The maximum Gasteiger partial charge on any atom is 0.198 e. The van der Waals surface area contributed by atoms with E-state index in [0.717, 1.165) is 13.1 Å². The molecule has 0 spiro atoms. The van der Waals surface area contributed by atoms with Gasteiger partial charge in [0.1, 0.15) is 0 Å². The Morgan fingerprint density at radius 3 is 2.90 bits per heavy atom. The summed E-state index contributed by atoms with van der Waals surface area (Å²) in [5.74, 6) is 0. The summed E-state index contributed by atoms with van der Waals surface area (Å²) >= 11 is 0. The molecular formula is C5H13N3O2. The molecule has 1 fully saturated rings. The molecule has 1 saturated heterocycles. The molecule has 1 atom stereocenters. The maximum absolute atomic E-state index is 10.8. The van der Waals surface area contributed by atoms with Crippen LogP contribution in [0.15, 0.2) is 0 Å². The van der Waals surface area contributed by atoms with Gasteiger partial charge in [0.05, 0.1) is 6.04 Å². The summed E-state index contributed by atoms with van der Waals surface area (Å²) in [6.45, 7) is 1.93. The van der Waals surface area contributed by atoms with Gasteiger partial charge >= 0.3 is 0 Å². The first-order chi connectivity index (χ1) is 4.83. The first kappa shape index (κ1) is 7.90. The predicted molar refractivity (Wildman–Crippen MR) is 36.0 cm³/mol. The van der Waals surface area contributed by atoms with E-state index in [0.29, 0.717) is 6.04 Å². The van der Waals surface area contributed by atoms with E-state index >= 15 is 0 Å². The van der Waals surface area contributed by atoms with Gasteiger partial charge in [0.15, 0.2) is 6.73 Å². The van der Waals surface area contributed by atoms with Crippen molar-refractivity contribution in [2.75, 3.05) is 26.9 Å². The van der Waals surface area contributed by atoms with Gasteiger partial charge in [-0.2, -0.15) is 5.43 Å². The van der Waals surface area contributed by atoms with Crippen molar-refractivity contribution in [3.05, 3.63) is 5.21 Å². The normalized spacial score (nSPS) is 22.2. The first-order valence-corrected chi connectivity index (χ1v) is 3.32. The molecule has 5 heteroatoms. The Bertz CT molecular complexity index is 96.9. The number of nitrogens with one attached hydrogen (secondary N) is 3. The molecule has 1 heterocycles. The number of quaternary nitrogens is 1. The molecular weight excluding hydrogens is 134 g/mol. The van der Waals surface area contributed by atoms with Crippen molar-refractivity contribution in [1.82, 2.24) is 10.7 Å². The summed E-state index contributed by atoms with van der Waals surface area (Å²) in [6, 6.07) is 0.322. The zero-order valence-electron chi connectivity index (χ0n) is 6.02. The number of hydrogen-bond donors (Lipinski definition) is 3. The van der Waals surface area contributed by atoms with Crippen molar-refractivity contribution in [3.8, 4) is 0 Å². The molecule has 1 aliphatic rings. The second-order valence-electron chi connectivity index (χ2n) is 2.36. The van der Waals surface area contributed by atoms with Crippen LogP contribution in [0.4, 0.5) is 0 Å². The lowest BCUT2D eigenvalue weighted by atomic mass is 10.2. The third-order valence-corrected chi connectivity index (χ3v) is 1.42. The third-order valence-electron chi connectivity index (χ3n) is 1.42. The van der Waals surface area contributed by atoms with E-state index < -0.39 is 0 Å². The maximum atomic E-state index is 10.8. The van der Waals surface area contributed by atoms with E-state index in [1.165, 1.54) is 7.11 Å². The van der Waals surface area contributed by atoms with Gasteiger partial charge in [-0.1, -0.05) is 0 Å². The van der Waals surface area contributed by atoms with Gasteiger partial charge in [-0.15, -0.1) is 0 Å². The average Bonchev–Trinajstić information content (AvgIpc) is 1.80. The van der Waals surface area contributed by atoms with Crippen LogP contribution in [-0.4, -0.2) is 33.0 Å². The quantitative estimate of drug-likeness (QED) is 0.302. The number of rotatable bonds is 4. The molecule has 0 aromatic heterocycles. The van der Waals surface area contributed by atoms with Crippen molar-refractivity contribution in [1.29, 1.82) is 0 Å². The van der Waals surface area contributed by atoms with Crippen LogP contribution in [0.3, 0.4) is 0 Å². The lowest BCUT2D eigenvalue weighted by Gasteiger charge is -2.32. The highest BCUT2D eigenvalue weighted by molar-refractivity contribution is 4.77. The molecule has 1 aliphatic heterocycles. The standard InChI is InChI=1S/C5H13N3O2/c1-10-4-8(9)7-5-2-6-3-5/h5-8H,2-4H2,1H3. The fourth-order valence-electron chi connectivity index (χ4n) is 0.791. The second kappa shape index (κ2) is 3.85. The van der Waals surface area contributed by atoms with Crippen LogP contribution < -0.4 is 15.9 Å². The van der Waals surface area contributed by atoms with Gasteiger partial charge in [-0.05, 0) is 0 Å². The van der Waals surface area contributed by atoms with Gasteiger partial charge in [-0.3, -0.25) is 5.17 Å². The van der Waals surface area contributed by atoms with Crippen molar-refractivity contribution in [3.63, 3.8) is 0 Å². The Kier molecular flexibility index (Phi) is 3.04. The molecule has 60 valence electrons. The van der Waals surface area contributed by atoms with Crippen molar-refractivity contribution >= 4 is 0 Å². The van der Waals surface area contributed by atoms with Crippen molar-refractivity contribution < 1.29 is 9.91 Å². The SMILES string of the molecule is COC[NH+]([O-])NC1CNC1. The molecule has 10 heavy (non-hydrogen) atoms. The molecule has 1 rings (SSSR count). The molecule has 0 radical (unpaired) electrons. The summed E-state index contributed by atoms with van der Waals surface area (Å²) < 4.78 is 4.64. The molecule has 0 bridgehead atoms. The van der Waals surface area contributed by atoms with Crippen molar-refractivity contribution in [2.24, 2.45) is 0 Å².